The van der Waals surface area contributed by atoms with E-state index in [1.807, 2.05) is 19.9 Å². The smallest absolute Gasteiger partial charge is 0.267 e. The van der Waals surface area contributed by atoms with Crippen molar-refractivity contribution in [3.63, 3.8) is 0 Å². The molecule has 0 saturated heterocycles. The number of hydrogen-bond donors (Lipinski definition) is 1. The summed E-state index contributed by atoms with van der Waals surface area (Å²) in [6, 6.07) is 8.70. The highest BCUT2D eigenvalue weighted by molar-refractivity contribution is 7.93. The van der Waals surface area contributed by atoms with Crippen molar-refractivity contribution in [1.29, 1.82) is 0 Å². The van der Waals surface area contributed by atoms with E-state index >= 15 is 0 Å². The number of anilines is 2. The standard InChI is InChI=1S/C22H23N3O5S2/c1-12-8-19(29-5)20(9-13(12)2)32(27,28)24-22-23-16(11-31-22)15-6-7-18-17(10-15)25(4)21(26)14(3)30-18/h6-11,14H,1-5H3,(H,23,24). The Kier molecular flexibility index (Phi) is 5.59. The molecule has 1 unspecified atom stereocenters. The van der Waals surface area contributed by atoms with Crippen LogP contribution in [0.15, 0.2) is 40.6 Å². The first kappa shape index (κ1) is 22.1. The Morgan fingerprint density at radius 2 is 1.91 bits per heavy atom. The summed E-state index contributed by atoms with van der Waals surface area (Å²) >= 11 is 1.17. The average Bonchev–Trinajstić information content (AvgIpc) is 3.21. The van der Waals surface area contributed by atoms with Crippen LogP contribution in [0.2, 0.25) is 0 Å². The SMILES string of the molecule is COc1cc(C)c(C)cc1S(=O)(=O)Nc1nc(-c2ccc3c(c2)N(C)C(=O)C(C)O3)cs1. The minimum Gasteiger partial charge on any atom is -0.495 e. The van der Waals surface area contributed by atoms with E-state index in [4.69, 9.17) is 9.47 Å². The first-order chi connectivity index (χ1) is 15.1. The summed E-state index contributed by atoms with van der Waals surface area (Å²) in [6.07, 6.45) is -0.541. The van der Waals surface area contributed by atoms with Gasteiger partial charge in [-0.05, 0) is 62.2 Å². The maximum atomic E-state index is 13.0. The molecular weight excluding hydrogens is 450 g/mol. The Morgan fingerprint density at radius 1 is 1.19 bits per heavy atom. The fourth-order valence-electron chi connectivity index (χ4n) is 3.43. The third kappa shape index (κ3) is 3.91. The van der Waals surface area contributed by atoms with Gasteiger partial charge in [0.25, 0.3) is 15.9 Å². The minimum atomic E-state index is -3.90. The molecule has 10 heteroatoms. The number of fused-ring (bicyclic) bond motifs is 1. The first-order valence-electron chi connectivity index (χ1n) is 9.83. The van der Waals surface area contributed by atoms with Gasteiger partial charge >= 0.3 is 0 Å². The second kappa shape index (κ2) is 8.10. The molecule has 1 aliphatic heterocycles. The molecule has 168 valence electrons. The fraction of sp³-hybridized carbons (Fsp3) is 0.273. The van der Waals surface area contributed by atoms with Gasteiger partial charge in [0.1, 0.15) is 16.4 Å². The Morgan fingerprint density at radius 3 is 2.62 bits per heavy atom. The lowest BCUT2D eigenvalue weighted by Gasteiger charge is -2.30. The highest BCUT2D eigenvalue weighted by Crippen LogP contribution is 2.38. The number of amides is 1. The number of ether oxygens (including phenoxy) is 2. The van der Waals surface area contributed by atoms with E-state index in [9.17, 15) is 13.2 Å². The number of nitrogens with one attached hydrogen (secondary N) is 1. The van der Waals surface area contributed by atoms with Gasteiger partial charge in [-0.25, -0.2) is 13.4 Å². The van der Waals surface area contributed by atoms with E-state index in [0.717, 1.165) is 16.7 Å². The molecule has 2 heterocycles. The van der Waals surface area contributed by atoms with Gasteiger partial charge in [0, 0.05) is 18.0 Å². The molecule has 0 spiro atoms. The van der Waals surface area contributed by atoms with Gasteiger partial charge in [-0.2, -0.15) is 0 Å². The van der Waals surface area contributed by atoms with Gasteiger partial charge in [0.05, 0.1) is 18.5 Å². The number of hydrogen-bond acceptors (Lipinski definition) is 7. The van der Waals surface area contributed by atoms with Crippen molar-refractivity contribution in [3.05, 3.63) is 46.8 Å². The van der Waals surface area contributed by atoms with Crippen LogP contribution in [0.5, 0.6) is 11.5 Å². The van der Waals surface area contributed by atoms with Gasteiger partial charge in [-0.15, -0.1) is 11.3 Å². The minimum absolute atomic E-state index is 0.0556. The van der Waals surface area contributed by atoms with E-state index < -0.39 is 16.1 Å². The predicted octanol–water partition coefficient (Wildman–Crippen LogP) is 3.98. The molecule has 0 saturated carbocycles. The summed E-state index contributed by atoms with van der Waals surface area (Å²) in [5, 5.41) is 1.98. The third-order valence-electron chi connectivity index (χ3n) is 5.39. The fourth-order valence-corrected chi connectivity index (χ4v) is 5.64. The van der Waals surface area contributed by atoms with E-state index in [0.29, 0.717) is 17.1 Å². The highest BCUT2D eigenvalue weighted by atomic mass is 32.2. The largest absolute Gasteiger partial charge is 0.495 e. The van der Waals surface area contributed by atoms with Gasteiger partial charge in [0.2, 0.25) is 0 Å². The lowest BCUT2D eigenvalue weighted by molar-refractivity contribution is -0.125. The van der Waals surface area contributed by atoms with Gasteiger partial charge in [-0.3, -0.25) is 9.52 Å². The molecule has 0 bridgehead atoms. The molecule has 1 aliphatic rings. The van der Waals surface area contributed by atoms with Crippen molar-refractivity contribution >= 4 is 38.1 Å². The van der Waals surface area contributed by atoms with E-state index in [1.54, 1.807) is 48.5 Å². The normalized spacial score (nSPS) is 15.8. The number of rotatable bonds is 5. The number of carbonyl (C=O) groups excluding carboxylic acids is 1. The number of methoxy groups -OCH3 is 1. The van der Waals surface area contributed by atoms with Crippen molar-refractivity contribution in [1.82, 2.24) is 4.98 Å². The molecule has 8 nitrogen and oxygen atoms in total. The molecule has 4 rings (SSSR count). The quantitative estimate of drug-likeness (QED) is 0.602. The monoisotopic (exact) mass is 473 g/mol. The van der Waals surface area contributed by atoms with Gasteiger partial charge < -0.3 is 14.4 Å². The molecule has 1 aromatic heterocycles. The van der Waals surface area contributed by atoms with Crippen molar-refractivity contribution in [2.24, 2.45) is 0 Å². The van der Waals surface area contributed by atoms with Crippen LogP contribution < -0.4 is 19.1 Å². The maximum Gasteiger partial charge on any atom is 0.267 e. The molecular formula is C22H23N3O5S2. The number of likely N-dealkylation sites (N-methyl/N-ethyl adjacent to an activating group) is 1. The topological polar surface area (TPSA) is 97.8 Å². The second-order valence-corrected chi connectivity index (χ2v) is 10.1. The van der Waals surface area contributed by atoms with Crippen LogP contribution in [-0.4, -0.2) is 39.6 Å². The zero-order valence-electron chi connectivity index (χ0n) is 18.3. The first-order valence-corrected chi connectivity index (χ1v) is 12.2. The van der Waals surface area contributed by atoms with Gasteiger partial charge in [-0.1, -0.05) is 0 Å². The molecule has 2 aromatic carbocycles. The van der Waals surface area contributed by atoms with E-state index in [1.165, 1.54) is 18.4 Å². The van der Waals surface area contributed by atoms with Crippen molar-refractivity contribution in [2.75, 3.05) is 23.8 Å². The lowest BCUT2D eigenvalue weighted by atomic mass is 10.1. The predicted molar refractivity (Wildman–Crippen MR) is 124 cm³/mol. The number of nitrogens with zero attached hydrogens (tertiary/aromatic N) is 2. The molecule has 32 heavy (non-hydrogen) atoms. The molecule has 1 atom stereocenters. The van der Waals surface area contributed by atoms with Crippen molar-refractivity contribution in [3.8, 4) is 22.8 Å². The Labute approximate surface area is 190 Å². The molecule has 1 N–H and O–H groups in total. The van der Waals surface area contributed by atoms with Crippen LogP contribution in [0.25, 0.3) is 11.3 Å². The highest BCUT2D eigenvalue weighted by Gasteiger charge is 2.29. The van der Waals surface area contributed by atoms with Crippen molar-refractivity contribution < 1.29 is 22.7 Å². The molecule has 0 aliphatic carbocycles. The number of aromatic nitrogens is 1. The van der Waals surface area contributed by atoms with Crippen LogP contribution in [0.1, 0.15) is 18.1 Å². The number of aryl methyl sites for hydroxylation is 2. The average molecular weight is 474 g/mol. The van der Waals surface area contributed by atoms with Gasteiger partial charge in [0.15, 0.2) is 11.2 Å². The number of thiazole rings is 1. The third-order valence-corrected chi connectivity index (χ3v) is 7.64. The zero-order valence-corrected chi connectivity index (χ0v) is 19.9. The van der Waals surface area contributed by atoms with Crippen LogP contribution in [-0.2, 0) is 14.8 Å². The summed E-state index contributed by atoms with van der Waals surface area (Å²) in [5.41, 5.74) is 3.75. The molecule has 0 radical (unpaired) electrons. The van der Waals surface area contributed by atoms with Crippen LogP contribution in [0.3, 0.4) is 0 Å². The summed E-state index contributed by atoms with van der Waals surface area (Å²) < 4.78 is 39.5. The summed E-state index contributed by atoms with van der Waals surface area (Å²) in [5.74, 6) is 0.749. The summed E-state index contributed by atoms with van der Waals surface area (Å²) in [7, 11) is -0.767. The van der Waals surface area contributed by atoms with Crippen molar-refractivity contribution in [2.45, 2.75) is 31.8 Å². The summed E-state index contributed by atoms with van der Waals surface area (Å²) in [6.45, 7) is 5.45. The van der Waals surface area contributed by atoms with E-state index in [-0.39, 0.29) is 21.7 Å². The second-order valence-electron chi connectivity index (χ2n) is 7.57. The van der Waals surface area contributed by atoms with Crippen LogP contribution >= 0.6 is 11.3 Å². The van der Waals surface area contributed by atoms with Crippen LogP contribution in [0, 0.1) is 13.8 Å². The molecule has 0 fully saturated rings. The summed E-state index contributed by atoms with van der Waals surface area (Å²) in [4.78, 5) is 18.3. The molecule has 1 amide bonds. The molecule has 3 aromatic rings. The van der Waals surface area contributed by atoms with Crippen LogP contribution in [0.4, 0.5) is 10.8 Å². The number of sulfonamides is 1. The Hall–Kier alpha value is -3.11. The zero-order chi connectivity index (χ0) is 23.2. The lowest BCUT2D eigenvalue weighted by Crippen LogP contribution is -2.41. The Bertz CT molecular complexity index is 1320. The maximum absolute atomic E-state index is 13.0. The number of benzene rings is 2. The Balaban J connectivity index is 1.63. The number of carbonyl (C=O) groups is 1. The van der Waals surface area contributed by atoms with E-state index in [2.05, 4.69) is 9.71 Å².